The predicted molar refractivity (Wildman–Crippen MR) is 102 cm³/mol. The first kappa shape index (κ1) is 20.7. The summed E-state index contributed by atoms with van der Waals surface area (Å²) in [4.78, 5) is 12.3. The molecule has 0 aromatic heterocycles. The standard InChI is InChI=1S/C18H19Cl2NO4S/c1-3-21(4-2)26(23,24)16-9-6-13(7-10-16)18(22)25-12-14-5-8-15(19)11-17(14)20/h5-11H,3-4,12H2,1-2H3. The summed E-state index contributed by atoms with van der Waals surface area (Å²) in [6, 6.07) is 10.6. The Hall–Kier alpha value is -1.60. The molecule has 2 rings (SSSR count). The van der Waals surface area contributed by atoms with E-state index in [9.17, 15) is 13.2 Å². The minimum absolute atomic E-state index is 0.00562. The third kappa shape index (κ3) is 4.76. The fourth-order valence-electron chi connectivity index (χ4n) is 2.34. The number of nitrogens with zero attached hydrogens (tertiary/aromatic N) is 1. The van der Waals surface area contributed by atoms with Gasteiger partial charge in [0.2, 0.25) is 10.0 Å². The summed E-state index contributed by atoms with van der Waals surface area (Å²) in [6.07, 6.45) is 0. The Morgan fingerprint density at radius 1 is 1.04 bits per heavy atom. The Bertz CT molecular complexity index is 879. The number of benzene rings is 2. The Labute approximate surface area is 163 Å². The van der Waals surface area contributed by atoms with Gasteiger partial charge in [-0.25, -0.2) is 13.2 Å². The largest absolute Gasteiger partial charge is 0.457 e. The Kier molecular flexibility index (Phi) is 7.06. The summed E-state index contributed by atoms with van der Waals surface area (Å²) >= 11 is 11.9. The van der Waals surface area contributed by atoms with Gasteiger partial charge in [0.15, 0.2) is 0 Å². The fraction of sp³-hybridized carbons (Fsp3) is 0.278. The van der Waals surface area contributed by atoms with Gasteiger partial charge in [-0.3, -0.25) is 0 Å². The zero-order valence-electron chi connectivity index (χ0n) is 14.4. The highest BCUT2D eigenvalue weighted by Crippen LogP contribution is 2.22. The van der Waals surface area contributed by atoms with Crippen molar-refractivity contribution in [2.24, 2.45) is 0 Å². The highest BCUT2D eigenvalue weighted by Gasteiger charge is 2.21. The minimum atomic E-state index is -3.56. The number of halogens is 2. The van der Waals surface area contributed by atoms with E-state index in [0.717, 1.165) is 0 Å². The molecule has 0 radical (unpaired) electrons. The summed E-state index contributed by atoms with van der Waals surface area (Å²) < 4.78 is 31.4. The highest BCUT2D eigenvalue weighted by molar-refractivity contribution is 7.89. The third-order valence-electron chi connectivity index (χ3n) is 3.81. The van der Waals surface area contributed by atoms with Crippen LogP contribution in [0.2, 0.25) is 10.0 Å². The number of rotatable bonds is 7. The molecule has 0 atom stereocenters. The van der Waals surface area contributed by atoms with E-state index in [2.05, 4.69) is 0 Å². The Morgan fingerprint density at radius 2 is 1.65 bits per heavy atom. The zero-order valence-corrected chi connectivity index (χ0v) is 16.7. The lowest BCUT2D eigenvalue weighted by Gasteiger charge is -2.18. The van der Waals surface area contributed by atoms with Gasteiger partial charge in [0, 0.05) is 28.7 Å². The number of sulfonamides is 1. The maximum absolute atomic E-state index is 12.4. The summed E-state index contributed by atoms with van der Waals surface area (Å²) in [6.45, 7) is 4.30. The average Bonchev–Trinajstić information content (AvgIpc) is 2.61. The molecule has 0 fully saturated rings. The van der Waals surface area contributed by atoms with Crippen LogP contribution in [0.1, 0.15) is 29.8 Å². The van der Waals surface area contributed by atoms with Gasteiger partial charge in [0.1, 0.15) is 6.61 Å². The molecule has 5 nitrogen and oxygen atoms in total. The van der Waals surface area contributed by atoms with E-state index in [1.54, 1.807) is 32.0 Å². The molecule has 8 heteroatoms. The number of carbonyl (C=O) groups excluding carboxylic acids is 1. The van der Waals surface area contributed by atoms with Gasteiger partial charge < -0.3 is 4.74 Å². The van der Waals surface area contributed by atoms with E-state index in [-0.39, 0.29) is 17.1 Å². The number of ether oxygens (including phenoxy) is 1. The molecule has 0 heterocycles. The summed E-state index contributed by atoms with van der Waals surface area (Å²) in [7, 11) is -3.56. The molecular weight excluding hydrogens is 397 g/mol. The third-order valence-corrected chi connectivity index (χ3v) is 6.46. The molecule has 0 saturated carbocycles. The van der Waals surface area contributed by atoms with Gasteiger partial charge in [-0.05, 0) is 36.4 Å². The summed E-state index contributed by atoms with van der Waals surface area (Å²) in [5.41, 5.74) is 0.888. The van der Waals surface area contributed by atoms with E-state index in [1.165, 1.54) is 28.6 Å². The van der Waals surface area contributed by atoms with Crippen molar-refractivity contribution < 1.29 is 17.9 Å². The Balaban J connectivity index is 2.09. The molecule has 140 valence electrons. The van der Waals surface area contributed by atoms with Crippen molar-refractivity contribution >= 4 is 39.2 Å². The molecule has 0 unspecified atom stereocenters. The van der Waals surface area contributed by atoms with Crippen molar-refractivity contribution in [2.45, 2.75) is 25.3 Å². The van der Waals surface area contributed by atoms with Gasteiger partial charge in [-0.1, -0.05) is 43.1 Å². The minimum Gasteiger partial charge on any atom is -0.457 e. The molecular formula is C18H19Cl2NO4S. The van der Waals surface area contributed by atoms with Gasteiger partial charge in [0.25, 0.3) is 0 Å². The van der Waals surface area contributed by atoms with Gasteiger partial charge in [-0.2, -0.15) is 4.31 Å². The molecule has 2 aromatic rings. The predicted octanol–water partition coefficient (Wildman–Crippen LogP) is 4.38. The number of esters is 1. The van der Waals surface area contributed by atoms with Crippen molar-refractivity contribution in [3.8, 4) is 0 Å². The molecule has 2 aromatic carbocycles. The molecule has 0 aliphatic carbocycles. The quantitative estimate of drug-likeness (QED) is 0.629. The van der Waals surface area contributed by atoms with Crippen LogP contribution in [0.3, 0.4) is 0 Å². The molecule has 0 bridgehead atoms. The van der Waals surface area contributed by atoms with Crippen LogP contribution < -0.4 is 0 Å². The normalized spacial score (nSPS) is 11.6. The molecule has 0 N–H and O–H groups in total. The van der Waals surface area contributed by atoms with Gasteiger partial charge in [0.05, 0.1) is 10.5 Å². The fourth-order valence-corrected chi connectivity index (χ4v) is 4.26. The lowest BCUT2D eigenvalue weighted by Crippen LogP contribution is -2.30. The second-order valence-corrected chi connectivity index (χ2v) is 8.21. The number of hydrogen-bond donors (Lipinski definition) is 0. The van der Waals surface area contributed by atoms with Crippen LogP contribution in [0.4, 0.5) is 0 Å². The van der Waals surface area contributed by atoms with Crippen LogP contribution in [-0.2, 0) is 21.4 Å². The van der Waals surface area contributed by atoms with E-state index >= 15 is 0 Å². The maximum atomic E-state index is 12.4. The first-order chi connectivity index (χ1) is 12.3. The maximum Gasteiger partial charge on any atom is 0.338 e. The smallest absolute Gasteiger partial charge is 0.338 e. The molecule has 0 amide bonds. The van der Waals surface area contributed by atoms with E-state index in [1.807, 2.05) is 0 Å². The molecule has 0 aliphatic rings. The molecule has 26 heavy (non-hydrogen) atoms. The monoisotopic (exact) mass is 415 g/mol. The lowest BCUT2D eigenvalue weighted by atomic mass is 10.2. The Morgan fingerprint density at radius 3 is 2.19 bits per heavy atom. The lowest BCUT2D eigenvalue weighted by molar-refractivity contribution is 0.0472. The van der Waals surface area contributed by atoms with Gasteiger partial charge >= 0.3 is 5.97 Å². The van der Waals surface area contributed by atoms with Gasteiger partial charge in [-0.15, -0.1) is 0 Å². The zero-order chi connectivity index (χ0) is 19.3. The van der Waals surface area contributed by atoms with E-state index in [0.29, 0.717) is 28.7 Å². The van der Waals surface area contributed by atoms with Crippen LogP contribution in [0.5, 0.6) is 0 Å². The van der Waals surface area contributed by atoms with Crippen LogP contribution in [0.25, 0.3) is 0 Å². The first-order valence-electron chi connectivity index (χ1n) is 8.00. The second-order valence-electron chi connectivity index (χ2n) is 5.43. The van der Waals surface area contributed by atoms with Crippen molar-refractivity contribution in [2.75, 3.05) is 13.1 Å². The van der Waals surface area contributed by atoms with E-state index in [4.69, 9.17) is 27.9 Å². The van der Waals surface area contributed by atoms with Crippen LogP contribution in [-0.4, -0.2) is 31.8 Å². The van der Waals surface area contributed by atoms with Crippen molar-refractivity contribution in [1.82, 2.24) is 4.31 Å². The van der Waals surface area contributed by atoms with Crippen molar-refractivity contribution in [3.63, 3.8) is 0 Å². The van der Waals surface area contributed by atoms with Crippen LogP contribution >= 0.6 is 23.2 Å². The van der Waals surface area contributed by atoms with Crippen LogP contribution in [0, 0.1) is 0 Å². The molecule has 0 spiro atoms. The topological polar surface area (TPSA) is 63.7 Å². The SMILES string of the molecule is CCN(CC)S(=O)(=O)c1ccc(C(=O)OCc2ccc(Cl)cc2Cl)cc1. The second kappa shape index (κ2) is 8.86. The molecule has 0 aliphatic heterocycles. The number of carbonyl (C=O) groups is 1. The van der Waals surface area contributed by atoms with Crippen LogP contribution in [0.15, 0.2) is 47.4 Å². The number of hydrogen-bond acceptors (Lipinski definition) is 4. The molecule has 0 saturated heterocycles. The summed E-state index contributed by atoms with van der Waals surface area (Å²) in [5.74, 6) is -0.567. The average molecular weight is 416 g/mol. The van der Waals surface area contributed by atoms with Crippen molar-refractivity contribution in [3.05, 3.63) is 63.6 Å². The summed E-state index contributed by atoms with van der Waals surface area (Å²) in [5, 5.41) is 0.904. The van der Waals surface area contributed by atoms with Crippen molar-refractivity contribution in [1.29, 1.82) is 0 Å². The first-order valence-corrected chi connectivity index (χ1v) is 10.2. The van der Waals surface area contributed by atoms with E-state index < -0.39 is 16.0 Å². The highest BCUT2D eigenvalue weighted by atomic mass is 35.5.